The number of fused-ring (bicyclic) bond motifs is 1. The van der Waals surface area contributed by atoms with Crippen molar-refractivity contribution in [2.75, 3.05) is 19.7 Å². The highest BCUT2D eigenvalue weighted by Gasteiger charge is 2.19. The highest BCUT2D eigenvalue weighted by Crippen LogP contribution is 2.31. The molecule has 0 unspecified atom stereocenters. The van der Waals surface area contributed by atoms with E-state index in [1.54, 1.807) is 0 Å². The number of unbranched alkanes of at least 4 members (excludes halogenated alkanes) is 1. The zero-order chi connectivity index (χ0) is 20.8. The first-order valence-corrected chi connectivity index (χ1v) is 10.9. The Hall–Kier alpha value is -2.70. The van der Waals surface area contributed by atoms with E-state index in [2.05, 4.69) is 45.6 Å². The molecule has 2 N–H and O–H groups in total. The molecule has 0 bridgehead atoms. The molecule has 6 nitrogen and oxygen atoms in total. The average molecular weight is 407 g/mol. The van der Waals surface area contributed by atoms with Crippen molar-refractivity contribution in [1.29, 1.82) is 0 Å². The van der Waals surface area contributed by atoms with Gasteiger partial charge in [0.2, 0.25) is 0 Å². The molecule has 1 fully saturated rings. The third-order valence-electron chi connectivity index (χ3n) is 5.81. The molecular formula is C24H30N4O2. The molecule has 1 aliphatic heterocycles. The number of hydrogen-bond donors (Lipinski definition) is 2. The number of amides is 1. The normalized spacial score (nSPS) is 14.8. The monoisotopic (exact) mass is 406 g/mol. The molecule has 0 atom stereocenters. The summed E-state index contributed by atoms with van der Waals surface area (Å²) in [7, 11) is 0. The molecule has 6 heteroatoms. The van der Waals surface area contributed by atoms with Crippen LogP contribution in [0.15, 0.2) is 48.8 Å². The third-order valence-corrected chi connectivity index (χ3v) is 5.81. The maximum absolute atomic E-state index is 12.1. The lowest BCUT2D eigenvalue weighted by Crippen LogP contribution is -2.26. The van der Waals surface area contributed by atoms with Crippen molar-refractivity contribution in [3.8, 4) is 0 Å². The van der Waals surface area contributed by atoms with Crippen molar-refractivity contribution in [1.82, 2.24) is 20.3 Å². The Balaban J connectivity index is 1.45. The number of carbonyl (C=O) groups excluding carboxylic acids is 1. The number of hydrogen-bond acceptors (Lipinski definition) is 4. The highest BCUT2D eigenvalue weighted by atomic mass is 16.6. The molecule has 0 radical (unpaired) electrons. The number of pyridine rings is 1. The van der Waals surface area contributed by atoms with Gasteiger partial charge in [-0.1, -0.05) is 25.5 Å². The molecular weight excluding hydrogens is 376 g/mol. The SMILES string of the molecule is CCCCONC(=O)c1ccc(Cn2ccc3c(C4CCNCC4)ccnc32)cc1. The summed E-state index contributed by atoms with van der Waals surface area (Å²) in [5.74, 6) is 0.391. The van der Waals surface area contributed by atoms with Crippen molar-refractivity contribution in [3.63, 3.8) is 0 Å². The van der Waals surface area contributed by atoms with Crippen molar-refractivity contribution >= 4 is 16.9 Å². The molecule has 2 aromatic heterocycles. The predicted octanol–water partition coefficient (Wildman–Crippen LogP) is 4.01. The van der Waals surface area contributed by atoms with Gasteiger partial charge in [-0.25, -0.2) is 10.5 Å². The number of benzene rings is 1. The van der Waals surface area contributed by atoms with Crippen LogP contribution in [-0.2, 0) is 11.4 Å². The van der Waals surface area contributed by atoms with Gasteiger partial charge in [0.05, 0.1) is 6.61 Å². The van der Waals surface area contributed by atoms with Gasteiger partial charge in [0, 0.05) is 29.9 Å². The Labute approximate surface area is 177 Å². The minimum atomic E-state index is -0.211. The Morgan fingerprint density at radius 1 is 1.20 bits per heavy atom. The van der Waals surface area contributed by atoms with Gasteiger partial charge in [0.1, 0.15) is 5.65 Å². The second-order valence-corrected chi connectivity index (χ2v) is 7.94. The van der Waals surface area contributed by atoms with Crippen LogP contribution >= 0.6 is 0 Å². The number of hydroxylamine groups is 1. The van der Waals surface area contributed by atoms with Crippen LogP contribution in [0, 0.1) is 0 Å². The fourth-order valence-corrected chi connectivity index (χ4v) is 4.08. The maximum atomic E-state index is 12.1. The number of aromatic nitrogens is 2. The molecule has 158 valence electrons. The van der Waals surface area contributed by atoms with E-state index in [1.165, 1.54) is 23.8 Å². The largest absolute Gasteiger partial charge is 0.328 e. The second-order valence-electron chi connectivity index (χ2n) is 7.94. The first-order valence-electron chi connectivity index (χ1n) is 10.9. The van der Waals surface area contributed by atoms with Gasteiger partial charge < -0.3 is 9.88 Å². The van der Waals surface area contributed by atoms with Crippen LogP contribution in [0.5, 0.6) is 0 Å². The second kappa shape index (κ2) is 9.87. The van der Waals surface area contributed by atoms with Gasteiger partial charge in [-0.05, 0) is 73.7 Å². The first kappa shape index (κ1) is 20.6. The van der Waals surface area contributed by atoms with E-state index >= 15 is 0 Å². The number of nitrogens with one attached hydrogen (secondary N) is 2. The van der Waals surface area contributed by atoms with Crippen molar-refractivity contribution in [3.05, 3.63) is 65.5 Å². The van der Waals surface area contributed by atoms with Crippen LogP contribution in [0.3, 0.4) is 0 Å². The van der Waals surface area contributed by atoms with Crippen LogP contribution in [0.25, 0.3) is 11.0 Å². The van der Waals surface area contributed by atoms with Crippen molar-refractivity contribution < 1.29 is 9.63 Å². The molecule has 0 saturated carbocycles. The molecule has 3 aromatic rings. The van der Waals surface area contributed by atoms with E-state index in [0.29, 0.717) is 18.1 Å². The zero-order valence-electron chi connectivity index (χ0n) is 17.6. The molecule has 1 amide bonds. The van der Waals surface area contributed by atoms with Gasteiger partial charge in [0.25, 0.3) is 5.91 Å². The molecule has 1 aromatic carbocycles. The van der Waals surface area contributed by atoms with E-state index < -0.39 is 0 Å². The van der Waals surface area contributed by atoms with Gasteiger partial charge in [-0.2, -0.15) is 0 Å². The van der Waals surface area contributed by atoms with Crippen molar-refractivity contribution in [2.45, 2.75) is 45.1 Å². The summed E-state index contributed by atoms with van der Waals surface area (Å²) in [4.78, 5) is 22.0. The molecule has 4 rings (SSSR count). The lowest BCUT2D eigenvalue weighted by Gasteiger charge is -2.23. The molecule has 0 spiro atoms. The number of carbonyl (C=O) groups is 1. The molecule has 0 aliphatic carbocycles. The summed E-state index contributed by atoms with van der Waals surface area (Å²) in [5.41, 5.74) is 6.67. The molecule has 3 heterocycles. The van der Waals surface area contributed by atoms with Gasteiger partial charge >= 0.3 is 0 Å². The lowest BCUT2D eigenvalue weighted by molar-refractivity contribution is 0.0302. The van der Waals surface area contributed by atoms with E-state index in [0.717, 1.165) is 43.7 Å². The standard InChI is InChI=1S/C24H30N4O2/c1-2-3-16-30-27-24(29)20-6-4-18(5-7-20)17-28-15-11-22-21(10-14-26-23(22)28)19-8-12-25-13-9-19/h4-7,10-11,14-15,19,25H,2-3,8-9,12-13,16-17H2,1H3,(H,27,29). The third kappa shape index (κ3) is 4.71. The van der Waals surface area contributed by atoms with Crippen LogP contribution < -0.4 is 10.8 Å². The highest BCUT2D eigenvalue weighted by molar-refractivity contribution is 5.93. The van der Waals surface area contributed by atoms with Gasteiger partial charge in [0.15, 0.2) is 0 Å². The quantitative estimate of drug-likeness (QED) is 0.438. The molecule has 30 heavy (non-hydrogen) atoms. The summed E-state index contributed by atoms with van der Waals surface area (Å²) in [6.07, 6.45) is 8.36. The lowest BCUT2D eigenvalue weighted by atomic mass is 9.89. The summed E-state index contributed by atoms with van der Waals surface area (Å²) in [6, 6.07) is 12.0. The van der Waals surface area contributed by atoms with E-state index in [9.17, 15) is 4.79 Å². The van der Waals surface area contributed by atoms with Crippen LogP contribution in [0.2, 0.25) is 0 Å². The van der Waals surface area contributed by atoms with Gasteiger partial charge in [-0.15, -0.1) is 0 Å². The number of nitrogens with zero attached hydrogens (tertiary/aromatic N) is 2. The minimum absolute atomic E-state index is 0.211. The Kier molecular flexibility index (Phi) is 6.77. The van der Waals surface area contributed by atoms with E-state index in [1.807, 2.05) is 30.5 Å². The topological polar surface area (TPSA) is 68.2 Å². The number of rotatable bonds is 8. The van der Waals surface area contributed by atoms with Crippen LogP contribution in [-0.4, -0.2) is 35.2 Å². The van der Waals surface area contributed by atoms with Crippen LogP contribution in [0.4, 0.5) is 0 Å². The van der Waals surface area contributed by atoms with E-state index in [4.69, 9.17) is 4.84 Å². The summed E-state index contributed by atoms with van der Waals surface area (Å²) in [5, 5.41) is 4.70. The van der Waals surface area contributed by atoms with Crippen LogP contribution in [0.1, 0.15) is 60.0 Å². The predicted molar refractivity (Wildman–Crippen MR) is 118 cm³/mol. The Bertz CT molecular complexity index is 975. The smallest absolute Gasteiger partial charge is 0.274 e. The van der Waals surface area contributed by atoms with Crippen molar-refractivity contribution in [2.24, 2.45) is 0 Å². The number of piperidine rings is 1. The maximum Gasteiger partial charge on any atom is 0.274 e. The Morgan fingerprint density at radius 2 is 2.00 bits per heavy atom. The first-order chi connectivity index (χ1) is 14.8. The molecule has 1 aliphatic rings. The summed E-state index contributed by atoms with van der Waals surface area (Å²) < 4.78 is 2.18. The summed E-state index contributed by atoms with van der Waals surface area (Å²) in [6.45, 7) is 5.51. The molecule has 1 saturated heterocycles. The van der Waals surface area contributed by atoms with Gasteiger partial charge in [-0.3, -0.25) is 9.63 Å². The minimum Gasteiger partial charge on any atom is -0.328 e. The fraction of sp³-hybridized carbons (Fsp3) is 0.417. The van der Waals surface area contributed by atoms with E-state index in [-0.39, 0.29) is 5.91 Å². The Morgan fingerprint density at radius 3 is 2.77 bits per heavy atom. The summed E-state index contributed by atoms with van der Waals surface area (Å²) >= 11 is 0. The zero-order valence-corrected chi connectivity index (χ0v) is 17.6. The fourth-order valence-electron chi connectivity index (χ4n) is 4.08. The average Bonchev–Trinajstić information content (AvgIpc) is 3.20.